The number of rotatable bonds is 5. The van der Waals surface area contributed by atoms with Gasteiger partial charge in [-0.15, -0.1) is 0 Å². The standard InChI is InChI=1S/C23H37N3O2/c1-18(2)7-10-24-11-8-23(28,9-12-24)22(27)26-15-13-25(14-16-26)21-17-19(3)5-6-20(21)4/h5-6,17-18,28H,7-16H2,1-4H3. The fourth-order valence-corrected chi connectivity index (χ4v) is 4.31. The number of anilines is 1. The Kier molecular flexibility index (Phi) is 6.66. The van der Waals surface area contributed by atoms with Gasteiger partial charge in [0.05, 0.1) is 0 Å². The van der Waals surface area contributed by atoms with E-state index in [0.717, 1.165) is 32.7 Å². The van der Waals surface area contributed by atoms with Gasteiger partial charge >= 0.3 is 0 Å². The van der Waals surface area contributed by atoms with Gasteiger partial charge in [-0.3, -0.25) is 4.79 Å². The lowest BCUT2D eigenvalue weighted by Gasteiger charge is -2.43. The van der Waals surface area contributed by atoms with Crippen molar-refractivity contribution >= 4 is 11.6 Å². The third-order valence-corrected chi connectivity index (χ3v) is 6.38. The molecule has 5 heteroatoms. The van der Waals surface area contributed by atoms with Crippen LogP contribution < -0.4 is 4.90 Å². The third-order valence-electron chi connectivity index (χ3n) is 6.38. The topological polar surface area (TPSA) is 47.0 Å². The van der Waals surface area contributed by atoms with Crippen molar-refractivity contribution in [2.75, 3.05) is 50.7 Å². The summed E-state index contributed by atoms with van der Waals surface area (Å²) in [6.45, 7) is 14.5. The lowest BCUT2D eigenvalue weighted by atomic mass is 9.89. The van der Waals surface area contributed by atoms with Crippen LogP contribution in [0.3, 0.4) is 0 Å². The minimum absolute atomic E-state index is 0.0587. The molecule has 2 heterocycles. The molecular weight excluding hydrogens is 350 g/mol. The van der Waals surface area contributed by atoms with Crippen molar-refractivity contribution in [1.29, 1.82) is 0 Å². The number of aliphatic hydroxyl groups is 1. The van der Waals surface area contributed by atoms with Crippen LogP contribution in [0.5, 0.6) is 0 Å². The predicted molar refractivity (Wildman–Crippen MR) is 115 cm³/mol. The number of aryl methyl sites for hydroxylation is 2. The molecule has 1 amide bonds. The van der Waals surface area contributed by atoms with Crippen molar-refractivity contribution in [3.63, 3.8) is 0 Å². The molecule has 3 rings (SSSR count). The molecule has 0 atom stereocenters. The number of carbonyl (C=O) groups is 1. The van der Waals surface area contributed by atoms with Crippen LogP contribution >= 0.6 is 0 Å². The molecule has 2 saturated heterocycles. The number of hydrogen-bond acceptors (Lipinski definition) is 4. The minimum atomic E-state index is -1.17. The van der Waals surface area contributed by atoms with Crippen LogP contribution in [0.15, 0.2) is 18.2 Å². The number of amides is 1. The Balaban J connectivity index is 1.53. The average Bonchev–Trinajstić information content (AvgIpc) is 2.69. The van der Waals surface area contributed by atoms with Crippen molar-refractivity contribution < 1.29 is 9.90 Å². The molecule has 5 nitrogen and oxygen atoms in total. The molecule has 0 aromatic heterocycles. The molecule has 0 saturated carbocycles. The highest BCUT2D eigenvalue weighted by molar-refractivity contribution is 5.85. The van der Waals surface area contributed by atoms with Gasteiger partial charge in [-0.1, -0.05) is 26.0 Å². The second kappa shape index (κ2) is 8.83. The van der Waals surface area contributed by atoms with Crippen molar-refractivity contribution in [3.05, 3.63) is 29.3 Å². The number of hydrogen-bond donors (Lipinski definition) is 1. The molecule has 2 fully saturated rings. The lowest BCUT2D eigenvalue weighted by Crippen LogP contribution is -2.59. The van der Waals surface area contributed by atoms with Crippen LogP contribution in [0, 0.1) is 19.8 Å². The van der Waals surface area contributed by atoms with Gasteiger partial charge in [0.2, 0.25) is 0 Å². The summed E-state index contributed by atoms with van der Waals surface area (Å²) in [6.07, 6.45) is 2.29. The Bertz CT molecular complexity index is 672. The van der Waals surface area contributed by atoms with Crippen LogP contribution in [0.25, 0.3) is 0 Å². The van der Waals surface area contributed by atoms with Gasteiger partial charge in [0.15, 0.2) is 0 Å². The van der Waals surface area contributed by atoms with Crippen LogP contribution in [-0.4, -0.2) is 72.2 Å². The van der Waals surface area contributed by atoms with Gasteiger partial charge < -0.3 is 19.8 Å². The zero-order chi connectivity index (χ0) is 20.3. The number of likely N-dealkylation sites (tertiary alicyclic amines) is 1. The molecule has 0 radical (unpaired) electrons. The molecule has 0 bridgehead atoms. The Morgan fingerprint density at radius 1 is 1.07 bits per heavy atom. The van der Waals surface area contributed by atoms with E-state index in [1.165, 1.54) is 23.2 Å². The average molecular weight is 388 g/mol. The molecule has 0 aliphatic carbocycles. The predicted octanol–water partition coefficient (Wildman–Crippen LogP) is 2.83. The van der Waals surface area contributed by atoms with Crippen LogP contribution in [0.2, 0.25) is 0 Å². The molecule has 156 valence electrons. The van der Waals surface area contributed by atoms with E-state index in [1.807, 2.05) is 4.90 Å². The van der Waals surface area contributed by atoms with Gasteiger partial charge in [-0.25, -0.2) is 0 Å². The first kappa shape index (κ1) is 21.1. The summed E-state index contributed by atoms with van der Waals surface area (Å²) in [4.78, 5) is 19.7. The summed E-state index contributed by atoms with van der Waals surface area (Å²) in [7, 11) is 0. The third kappa shape index (κ3) is 4.87. The molecule has 28 heavy (non-hydrogen) atoms. The van der Waals surface area contributed by atoms with Gasteiger partial charge in [-0.05, 0) is 62.8 Å². The summed E-state index contributed by atoms with van der Waals surface area (Å²) in [5.41, 5.74) is 2.63. The highest BCUT2D eigenvalue weighted by Gasteiger charge is 2.42. The number of piperidine rings is 1. The van der Waals surface area contributed by atoms with E-state index in [0.29, 0.717) is 31.8 Å². The van der Waals surface area contributed by atoms with E-state index >= 15 is 0 Å². The van der Waals surface area contributed by atoms with E-state index < -0.39 is 5.60 Å². The van der Waals surface area contributed by atoms with Crippen LogP contribution in [0.1, 0.15) is 44.2 Å². The van der Waals surface area contributed by atoms with Crippen molar-refractivity contribution in [2.24, 2.45) is 5.92 Å². The number of nitrogens with zero attached hydrogens (tertiary/aromatic N) is 3. The monoisotopic (exact) mass is 387 g/mol. The highest BCUT2D eigenvalue weighted by Crippen LogP contribution is 2.27. The summed E-state index contributed by atoms with van der Waals surface area (Å²) in [6, 6.07) is 6.53. The summed E-state index contributed by atoms with van der Waals surface area (Å²) in [5, 5.41) is 11.0. The van der Waals surface area contributed by atoms with E-state index in [4.69, 9.17) is 0 Å². The molecule has 0 unspecified atom stereocenters. The zero-order valence-corrected chi connectivity index (χ0v) is 18.1. The van der Waals surface area contributed by atoms with Gasteiger partial charge in [0, 0.05) is 45.0 Å². The number of benzene rings is 1. The lowest BCUT2D eigenvalue weighted by molar-refractivity contribution is -0.156. The molecule has 2 aliphatic heterocycles. The molecule has 2 aliphatic rings. The van der Waals surface area contributed by atoms with Crippen LogP contribution in [0.4, 0.5) is 5.69 Å². The Labute approximate surface area is 170 Å². The normalized spacial score (nSPS) is 20.6. The Morgan fingerprint density at radius 2 is 1.71 bits per heavy atom. The molecule has 1 N–H and O–H groups in total. The maximum Gasteiger partial charge on any atom is 0.254 e. The van der Waals surface area contributed by atoms with Crippen molar-refractivity contribution in [2.45, 2.75) is 52.6 Å². The zero-order valence-electron chi connectivity index (χ0n) is 18.1. The van der Waals surface area contributed by atoms with Crippen molar-refractivity contribution in [3.8, 4) is 0 Å². The first-order chi connectivity index (χ1) is 13.3. The fourth-order valence-electron chi connectivity index (χ4n) is 4.31. The van der Waals surface area contributed by atoms with Gasteiger partial charge in [0.25, 0.3) is 5.91 Å². The van der Waals surface area contributed by atoms with E-state index in [1.54, 1.807) is 0 Å². The summed E-state index contributed by atoms with van der Waals surface area (Å²) >= 11 is 0. The largest absolute Gasteiger partial charge is 0.380 e. The molecular formula is C23H37N3O2. The smallest absolute Gasteiger partial charge is 0.254 e. The van der Waals surface area contributed by atoms with Gasteiger partial charge in [0.1, 0.15) is 5.60 Å². The van der Waals surface area contributed by atoms with E-state index in [9.17, 15) is 9.90 Å². The minimum Gasteiger partial charge on any atom is -0.380 e. The van der Waals surface area contributed by atoms with E-state index in [2.05, 4.69) is 55.7 Å². The second-order valence-electron chi connectivity index (χ2n) is 9.12. The maximum absolute atomic E-state index is 13.1. The Hall–Kier alpha value is -1.59. The molecule has 1 aromatic rings. The van der Waals surface area contributed by atoms with Crippen LogP contribution in [-0.2, 0) is 4.79 Å². The highest BCUT2D eigenvalue weighted by atomic mass is 16.3. The molecule has 0 spiro atoms. The Morgan fingerprint density at radius 3 is 2.32 bits per heavy atom. The number of piperazine rings is 1. The maximum atomic E-state index is 13.1. The SMILES string of the molecule is Cc1ccc(C)c(N2CCN(C(=O)C3(O)CCN(CCC(C)C)CC3)CC2)c1. The van der Waals surface area contributed by atoms with Crippen molar-refractivity contribution in [1.82, 2.24) is 9.80 Å². The quantitative estimate of drug-likeness (QED) is 0.844. The summed E-state index contributed by atoms with van der Waals surface area (Å²) < 4.78 is 0. The number of carbonyl (C=O) groups excluding carboxylic acids is 1. The summed E-state index contributed by atoms with van der Waals surface area (Å²) in [5.74, 6) is 0.632. The second-order valence-corrected chi connectivity index (χ2v) is 9.12. The van der Waals surface area contributed by atoms with Gasteiger partial charge in [-0.2, -0.15) is 0 Å². The molecule has 1 aromatic carbocycles. The van der Waals surface area contributed by atoms with E-state index in [-0.39, 0.29) is 5.91 Å². The first-order valence-electron chi connectivity index (χ1n) is 10.8. The first-order valence-corrected chi connectivity index (χ1v) is 10.8. The fraction of sp³-hybridized carbons (Fsp3) is 0.696.